The number of hydrogen-bond donors (Lipinski definition) is 0. The summed E-state index contributed by atoms with van der Waals surface area (Å²) in [7, 11) is 0. The van der Waals surface area contributed by atoms with Crippen LogP contribution < -0.4 is 0 Å². The van der Waals surface area contributed by atoms with E-state index in [1.807, 2.05) is 6.92 Å². The van der Waals surface area contributed by atoms with Gasteiger partial charge in [-0.2, -0.15) is 5.26 Å². The smallest absolute Gasteiger partial charge is 0.178 e. The van der Waals surface area contributed by atoms with Gasteiger partial charge in [-0.3, -0.25) is 0 Å². The van der Waals surface area contributed by atoms with E-state index in [1.165, 1.54) is 0 Å². The number of nitrogens with zero attached hydrogens (tertiary/aromatic N) is 1. The second-order valence-corrected chi connectivity index (χ2v) is 3.00. The average molecular weight is 125 g/mol. The molecule has 0 bridgehead atoms. The monoisotopic (exact) mass is 125 g/mol. The van der Waals surface area contributed by atoms with Crippen molar-refractivity contribution in [3.05, 3.63) is 0 Å². The SMILES string of the molecule is CC(C)[C@H]1O[C@]1(C)C#N. The molecule has 0 saturated carbocycles. The fourth-order valence-electron chi connectivity index (χ4n) is 1.09. The van der Waals surface area contributed by atoms with E-state index in [-0.39, 0.29) is 6.10 Å². The molecule has 2 heteroatoms. The van der Waals surface area contributed by atoms with Gasteiger partial charge < -0.3 is 4.74 Å². The largest absolute Gasteiger partial charge is 0.350 e. The van der Waals surface area contributed by atoms with Crippen molar-refractivity contribution in [2.45, 2.75) is 32.5 Å². The Morgan fingerprint density at radius 2 is 2.22 bits per heavy atom. The maximum Gasteiger partial charge on any atom is 0.178 e. The lowest BCUT2D eigenvalue weighted by Gasteiger charge is -1.96. The summed E-state index contributed by atoms with van der Waals surface area (Å²) in [4.78, 5) is 0. The molecule has 0 unspecified atom stereocenters. The standard InChI is InChI=1S/C7H11NO/c1-5(2)6-7(3,4-8)9-6/h5-6H,1-3H3/t6-,7-/m1/s1. The van der Waals surface area contributed by atoms with Gasteiger partial charge in [-0.05, 0) is 12.8 Å². The maximum atomic E-state index is 8.51. The summed E-state index contributed by atoms with van der Waals surface area (Å²) in [6.45, 7) is 5.96. The van der Waals surface area contributed by atoms with Gasteiger partial charge in [-0.25, -0.2) is 0 Å². The Balaban J connectivity index is 2.51. The summed E-state index contributed by atoms with van der Waals surface area (Å²) in [6, 6.07) is 2.12. The van der Waals surface area contributed by atoms with Crippen LogP contribution in [0, 0.1) is 17.2 Å². The first-order chi connectivity index (χ1) is 4.10. The van der Waals surface area contributed by atoms with E-state index in [4.69, 9.17) is 10.00 Å². The van der Waals surface area contributed by atoms with Gasteiger partial charge in [0.15, 0.2) is 5.60 Å². The van der Waals surface area contributed by atoms with Crippen molar-refractivity contribution in [3.8, 4) is 6.07 Å². The zero-order valence-electron chi connectivity index (χ0n) is 6.01. The first kappa shape index (κ1) is 6.57. The van der Waals surface area contributed by atoms with Gasteiger partial charge in [0.25, 0.3) is 0 Å². The Morgan fingerprint density at radius 3 is 2.33 bits per heavy atom. The Hall–Kier alpha value is -0.550. The highest BCUT2D eigenvalue weighted by molar-refractivity contribution is 5.15. The highest BCUT2D eigenvalue weighted by Gasteiger charge is 2.54. The molecule has 0 radical (unpaired) electrons. The topological polar surface area (TPSA) is 36.3 Å². The molecule has 2 nitrogen and oxygen atoms in total. The third-order valence-corrected chi connectivity index (χ3v) is 1.68. The van der Waals surface area contributed by atoms with Crippen molar-refractivity contribution in [1.29, 1.82) is 5.26 Å². The molecule has 0 aromatic rings. The predicted octanol–water partition coefficient (Wildman–Crippen LogP) is 1.32. The minimum absolute atomic E-state index is 0.169. The average Bonchev–Trinajstić information content (AvgIpc) is 2.44. The minimum atomic E-state index is -0.464. The van der Waals surface area contributed by atoms with Crippen molar-refractivity contribution < 1.29 is 4.74 Å². The minimum Gasteiger partial charge on any atom is -0.350 e. The third kappa shape index (κ3) is 0.927. The summed E-state index contributed by atoms with van der Waals surface area (Å²) in [5.74, 6) is 0.467. The van der Waals surface area contributed by atoms with Crippen molar-refractivity contribution in [2.24, 2.45) is 5.92 Å². The molecule has 2 atom stereocenters. The molecule has 0 spiro atoms. The summed E-state index contributed by atoms with van der Waals surface area (Å²) in [5.41, 5.74) is -0.464. The van der Waals surface area contributed by atoms with Gasteiger partial charge >= 0.3 is 0 Å². The molecule has 1 rings (SSSR count). The van der Waals surface area contributed by atoms with Crippen molar-refractivity contribution >= 4 is 0 Å². The molecule has 1 fully saturated rings. The van der Waals surface area contributed by atoms with Crippen LogP contribution in [-0.2, 0) is 4.74 Å². The van der Waals surface area contributed by atoms with Gasteiger partial charge in [0.2, 0.25) is 0 Å². The van der Waals surface area contributed by atoms with E-state index >= 15 is 0 Å². The third-order valence-electron chi connectivity index (χ3n) is 1.68. The van der Waals surface area contributed by atoms with Crippen molar-refractivity contribution in [2.75, 3.05) is 0 Å². The van der Waals surface area contributed by atoms with Crippen molar-refractivity contribution in [3.63, 3.8) is 0 Å². The molecule has 1 heterocycles. The molecule has 0 aromatic carbocycles. The molecule has 0 aliphatic carbocycles. The van der Waals surface area contributed by atoms with Gasteiger partial charge in [0.05, 0.1) is 0 Å². The van der Waals surface area contributed by atoms with Crippen LogP contribution in [0.25, 0.3) is 0 Å². The molecule has 1 aliphatic rings. The summed E-state index contributed by atoms with van der Waals surface area (Å²) in [6.07, 6.45) is 0.169. The van der Waals surface area contributed by atoms with Gasteiger partial charge in [0.1, 0.15) is 12.2 Å². The highest BCUT2D eigenvalue weighted by Crippen LogP contribution is 2.39. The second-order valence-electron chi connectivity index (χ2n) is 3.00. The highest BCUT2D eigenvalue weighted by atomic mass is 16.6. The molecular formula is C7H11NO. The Kier molecular flexibility index (Phi) is 1.25. The zero-order chi connectivity index (χ0) is 7.07. The fraction of sp³-hybridized carbons (Fsp3) is 0.857. The van der Waals surface area contributed by atoms with Crippen LogP contribution in [0.15, 0.2) is 0 Å². The molecular weight excluding hydrogens is 114 g/mol. The molecule has 9 heavy (non-hydrogen) atoms. The van der Waals surface area contributed by atoms with Gasteiger partial charge in [-0.1, -0.05) is 13.8 Å². The maximum absolute atomic E-state index is 8.51. The number of ether oxygens (including phenoxy) is 1. The summed E-state index contributed by atoms with van der Waals surface area (Å²) >= 11 is 0. The van der Waals surface area contributed by atoms with Crippen LogP contribution in [0.5, 0.6) is 0 Å². The van der Waals surface area contributed by atoms with Gasteiger partial charge in [0, 0.05) is 0 Å². The first-order valence-corrected chi connectivity index (χ1v) is 3.19. The van der Waals surface area contributed by atoms with Crippen LogP contribution in [0.3, 0.4) is 0 Å². The van der Waals surface area contributed by atoms with Crippen LogP contribution in [-0.4, -0.2) is 11.7 Å². The second kappa shape index (κ2) is 1.71. The van der Waals surface area contributed by atoms with Crippen LogP contribution >= 0.6 is 0 Å². The van der Waals surface area contributed by atoms with Crippen LogP contribution in [0.2, 0.25) is 0 Å². The molecule has 1 aliphatic heterocycles. The lowest BCUT2D eigenvalue weighted by molar-refractivity contribution is 0.320. The quantitative estimate of drug-likeness (QED) is 0.495. The Morgan fingerprint density at radius 1 is 1.67 bits per heavy atom. The molecule has 50 valence electrons. The van der Waals surface area contributed by atoms with E-state index in [1.54, 1.807) is 0 Å². The van der Waals surface area contributed by atoms with E-state index in [2.05, 4.69) is 19.9 Å². The molecule has 1 saturated heterocycles. The Bertz CT molecular complexity index is 159. The first-order valence-electron chi connectivity index (χ1n) is 3.19. The molecule has 0 aromatic heterocycles. The Labute approximate surface area is 55.4 Å². The number of epoxide rings is 1. The normalized spacial score (nSPS) is 40.6. The lowest BCUT2D eigenvalue weighted by atomic mass is 10.0. The predicted molar refractivity (Wildman–Crippen MR) is 33.7 cm³/mol. The van der Waals surface area contributed by atoms with Gasteiger partial charge in [-0.15, -0.1) is 0 Å². The number of hydrogen-bond acceptors (Lipinski definition) is 2. The fourth-order valence-corrected chi connectivity index (χ4v) is 1.09. The number of rotatable bonds is 1. The van der Waals surface area contributed by atoms with Crippen LogP contribution in [0.1, 0.15) is 20.8 Å². The van der Waals surface area contributed by atoms with Crippen LogP contribution in [0.4, 0.5) is 0 Å². The van der Waals surface area contributed by atoms with E-state index < -0.39 is 5.60 Å². The van der Waals surface area contributed by atoms with Crippen molar-refractivity contribution in [1.82, 2.24) is 0 Å². The van der Waals surface area contributed by atoms with E-state index in [0.29, 0.717) is 5.92 Å². The summed E-state index contributed by atoms with van der Waals surface area (Å²) in [5, 5.41) is 8.51. The zero-order valence-corrected chi connectivity index (χ0v) is 6.01. The lowest BCUT2D eigenvalue weighted by Crippen LogP contribution is -2.10. The van der Waals surface area contributed by atoms with E-state index in [9.17, 15) is 0 Å². The summed E-state index contributed by atoms with van der Waals surface area (Å²) < 4.78 is 5.15. The molecule has 0 N–H and O–H groups in total. The number of nitriles is 1. The molecule has 0 amide bonds. The van der Waals surface area contributed by atoms with E-state index in [0.717, 1.165) is 0 Å².